The number of carbonyl (C=O) groups excluding carboxylic acids is 3. The Bertz CT molecular complexity index is 1010. The van der Waals surface area contributed by atoms with E-state index in [1.165, 1.54) is 37.0 Å². The van der Waals surface area contributed by atoms with Gasteiger partial charge < -0.3 is 9.80 Å². The molecule has 33 heavy (non-hydrogen) atoms. The van der Waals surface area contributed by atoms with Crippen molar-refractivity contribution in [3.63, 3.8) is 0 Å². The lowest BCUT2D eigenvalue weighted by atomic mass is 9.90. The topological polar surface area (TPSA) is 86.7 Å². The summed E-state index contributed by atoms with van der Waals surface area (Å²) in [7, 11) is 0. The zero-order valence-corrected chi connectivity index (χ0v) is 19.6. The monoisotopic (exact) mass is 467 g/mol. The lowest BCUT2D eigenvalue weighted by molar-refractivity contribution is -0.131. The van der Waals surface area contributed by atoms with Crippen molar-refractivity contribution in [2.45, 2.75) is 50.9 Å². The molecule has 9 heteroatoms. The first-order chi connectivity index (χ1) is 16.1. The number of fused-ring (bicyclic) bond motifs is 1. The first-order valence-corrected chi connectivity index (χ1v) is 12.7. The summed E-state index contributed by atoms with van der Waals surface area (Å²) in [6, 6.07) is 6.87. The van der Waals surface area contributed by atoms with E-state index in [2.05, 4.69) is 15.1 Å². The van der Waals surface area contributed by atoms with Crippen LogP contribution in [0.15, 0.2) is 24.3 Å². The molecule has 2 fully saturated rings. The van der Waals surface area contributed by atoms with Gasteiger partial charge in [-0.25, -0.2) is 0 Å². The summed E-state index contributed by atoms with van der Waals surface area (Å²) in [6.45, 7) is 3.09. The van der Waals surface area contributed by atoms with Gasteiger partial charge in [0.25, 0.3) is 11.8 Å². The number of carbonyl (C=O) groups is 3. The molecule has 0 atom stereocenters. The zero-order chi connectivity index (χ0) is 22.8. The fourth-order valence-electron chi connectivity index (χ4n) is 5.00. The van der Waals surface area contributed by atoms with Crippen LogP contribution in [0.3, 0.4) is 0 Å². The SMILES string of the molecule is O=C(CCCN1C(=O)c2ccccc2C1=O)N1CCN(c2nnc(C3CCCCC3)s2)CC1. The third kappa shape index (κ3) is 4.51. The fourth-order valence-corrected chi connectivity index (χ4v) is 6.07. The lowest BCUT2D eigenvalue weighted by Crippen LogP contribution is -2.48. The molecule has 2 aromatic rings. The van der Waals surface area contributed by atoms with Gasteiger partial charge in [-0.15, -0.1) is 10.2 Å². The maximum Gasteiger partial charge on any atom is 0.261 e. The first kappa shape index (κ1) is 22.0. The number of rotatable bonds is 6. The quantitative estimate of drug-likeness (QED) is 0.606. The molecule has 1 saturated heterocycles. The van der Waals surface area contributed by atoms with Crippen LogP contribution in [0.2, 0.25) is 0 Å². The highest BCUT2D eigenvalue weighted by Gasteiger charge is 2.34. The molecule has 0 radical (unpaired) electrons. The summed E-state index contributed by atoms with van der Waals surface area (Å²) in [6.07, 6.45) is 7.15. The maximum atomic E-state index is 12.7. The van der Waals surface area contributed by atoms with E-state index in [0.29, 0.717) is 43.0 Å². The number of nitrogens with zero attached hydrogens (tertiary/aromatic N) is 5. The molecule has 0 unspecified atom stereocenters. The zero-order valence-electron chi connectivity index (χ0n) is 18.7. The Balaban J connectivity index is 1.07. The van der Waals surface area contributed by atoms with Crippen molar-refractivity contribution in [1.29, 1.82) is 0 Å². The Morgan fingerprint density at radius 2 is 1.61 bits per heavy atom. The number of piperazine rings is 1. The molecular formula is C24H29N5O3S. The van der Waals surface area contributed by atoms with E-state index in [-0.39, 0.29) is 24.3 Å². The van der Waals surface area contributed by atoms with Crippen LogP contribution in [0.25, 0.3) is 0 Å². The van der Waals surface area contributed by atoms with E-state index in [1.807, 2.05) is 4.90 Å². The molecule has 0 N–H and O–H groups in total. The molecule has 3 aliphatic rings. The Labute approximate surface area is 197 Å². The van der Waals surface area contributed by atoms with Crippen LogP contribution in [-0.4, -0.2) is 70.4 Å². The summed E-state index contributed by atoms with van der Waals surface area (Å²) in [5.41, 5.74) is 0.904. The van der Waals surface area contributed by atoms with Crippen molar-refractivity contribution in [2.75, 3.05) is 37.6 Å². The van der Waals surface area contributed by atoms with Gasteiger partial charge in [-0.2, -0.15) is 0 Å². The van der Waals surface area contributed by atoms with E-state index < -0.39 is 0 Å². The molecule has 174 valence electrons. The third-order valence-electron chi connectivity index (χ3n) is 6.94. The van der Waals surface area contributed by atoms with Gasteiger partial charge in [0.1, 0.15) is 5.01 Å². The molecule has 8 nitrogen and oxygen atoms in total. The first-order valence-electron chi connectivity index (χ1n) is 11.9. The highest BCUT2D eigenvalue weighted by atomic mass is 32.1. The summed E-state index contributed by atoms with van der Waals surface area (Å²) < 4.78 is 0. The Morgan fingerprint density at radius 1 is 0.939 bits per heavy atom. The van der Waals surface area contributed by atoms with Gasteiger partial charge in [-0.3, -0.25) is 19.3 Å². The van der Waals surface area contributed by atoms with E-state index in [0.717, 1.165) is 23.2 Å². The molecule has 2 aliphatic heterocycles. The van der Waals surface area contributed by atoms with Gasteiger partial charge in [-0.1, -0.05) is 42.7 Å². The minimum Gasteiger partial charge on any atom is -0.343 e. The van der Waals surface area contributed by atoms with Crippen LogP contribution in [0.4, 0.5) is 5.13 Å². The summed E-state index contributed by atoms with van der Waals surface area (Å²) >= 11 is 1.71. The molecule has 1 aromatic heterocycles. The molecule has 0 bridgehead atoms. The van der Waals surface area contributed by atoms with Crippen LogP contribution < -0.4 is 4.90 Å². The van der Waals surface area contributed by atoms with E-state index in [4.69, 9.17) is 0 Å². The number of hydrogen-bond acceptors (Lipinski definition) is 7. The molecule has 3 heterocycles. The molecule has 1 aromatic carbocycles. The summed E-state index contributed by atoms with van der Waals surface area (Å²) in [5.74, 6) is 0.115. The Morgan fingerprint density at radius 3 is 2.27 bits per heavy atom. The van der Waals surface area contributed by atoms with Gasteiger partial charge in [0, 0.05) is 45.1 Å². The molecule has 1 saturated carbocycles. The summed E-state index contributed by atoms with van der Waals surface area (Å²) in [5, 5.41) is 11.0. The van der Waals surface area contributed by atoms with E-state index >= 15 is 0 Å². The summed E-state index contributed by atoms with van der Waals surface area (Å²) in [4.78, 5) is 43.0. The van der Waals surface area contributed by atoms with Crippen molar-refractivity contribution < 1.29 is 14.4 Å². The number of imide groups is 1. The van der Waals surface area contributed by atoms with Crippen molar-refractivity contribution in [1.82, 2.24) is 20.0 Å². The van der Waals surface area contributed by atoms with Crippen LogP contribution in [-0.2, 0) is 4.79 Å². The predicted molar refractivity (Wildman–Crippen MR) is 126 cm³/mol. The van der Waals surface area contributed by atoms with Gasteiger partial charge >= 0.3 is 0 Å². The fraction of sp³-hybridized carbons (Fsp3) is 0.542. The van der Waals surface area contributed by atoms with Gasteiger partial charge in [0.15, 0.2) is 0 Å². The van der Waals surface area contributed by atoms with Gasteiger partial charge in [0.2, 0.25) is 11.0 Å². The second kappa shape index (κ2) is 9.59. The van der Waals surface area contributed by atoms with Gasteiger partial charge in [-0.05, 0) is 31.4 Å². The Kier molecular flexibility index (Phi) is 6.39. The smallest absolute Gasteiger partial charge is 0.261 e. The van der Waals surface area contributed by atoms with Crippen LogP contribution in [0.1, 0.15) is 76.6 Å². The second-order valence-electron chi connectivity index (χ2n) is 9.04. The van der Waals surface area contributed by atoms with Crippen molar-refractivity contribution in [3.8, 4) is 0 Å². The molecular weight excluding hydrogens is 438 g/mol. The van der Waals surface area contributed by atoms with Crippen LogP contribution in [0, 0.1) is 0 Å². The number of hydrogen-bond donors (Lipinski definition) is 0. The average molecular weight is 468 g/mol. The minimum atomic E-state index is -0.263. The third-order valence-corrected chi connectivity index (χ3v) is 8.08. The largest absolute Gasteiger partial charge is 0.343 e. The van der Waals surface area contributed by atoms with Crippen LogP contribution >= 0.6 is 11.3 Å². The highest BCUT2D eigenvalue weighted by Crippen LogP contribution is 2.36. The molecule has 0 spiro atoms. The molecule has 1 aliphatic carbocycles. The van der Waals surface area contributed by atoms with E-state index in [1.54, 1.807) is 35.6 Å². The maximum absolute atomic E-state index is 12.7. The number of amides is 3. The Hall–Kier alpha value is -2.81. The van der Waals surface area contributed by atoms with Crippen LogP contribution in [0.5, 0.6) is 0 Å². The minimum absolute atomic E-state index is 0.0754. The number of aromatic nitrogens is 2. The standard InChI is InChI=1S/C24H29N5O3S/c30-20(11-6-12-29-22(31)18-9-4-5-10-19(18)23(29)32)27-13-15-28(16-14-27)24-26-25-21(33-24)17-7-2-1-3-8-17/h4-5,9-10,17H,1-3,6-8,11-16H2. The number of anilines is 1. The van der Waals surface area contributed by atoms with Crippen molar-refractivity contribution in [3.05, 3.63) is 40.4 Å². The number of benzene rings is 1. The van der Waals surface area contributed by atoms with Gasteiger partial charge in [0.05, 0.1) is 11.1 Å². The molecule has 5 rings (SSSR count). The second-order valence-corrected chi connectivity index (χ2v) is 10.0. The van der Waals surface area contributed by atoms with Crippen molar-refractivity contribution >= 4 is 34.2 Å². The van der Waals surface area contributed by atoms with E-state index in [9.17, 15) is 14.4 Å². The highest BCUT2D eigenvalue weighted by molar-refractivity contribution is 7.15. The van der Waals surface area contributed by atoms with Crippen molar-refractivity contribution in [2.24, 2.45) is 0 Å². The predicted octanol–water partition coefficient (Wildman–Crippen LogP) is 3.31. The lowest BCUT2D eigenvalue weighted by Gasteiger charge is -2.34. The normalized spacial score (nSPS) is 19.3. The average Bonchev–Trinajstić information content (AvgIpc) is 3.45. The molecule has 3 amide bonds.